The number of hydrogen-bond donors (Lipinski definition) is 1. The Kier molecular flexibility index (Phi) is 3.72. The van der Waals surface area contributed by atoms with E-state index in [1.807, 2.05) is 23.0 Å². The smallest absolute Gasteiger partial charge is 0.138 e. The number of rotatable bonds is 4. The molecule has 0 bridgehead atoms. The van der Waals surface area contributed by atoms with E-state index in [-0.39, 0.29) is 5.92 Å². The van der Waals surface area contributed by atoms with Crippen molar-refractivity contribution in [3.05, 3.63) is 28.9 Å². The summed E-state index contributed by atoms with van der Waals surface area (Å²) < 4.78 is 1.97. The Morgan fingerprint density at radius 2 is 2.17 bits per heavy atom. The molecule has 1 aliphatic carbocycles. The molecule has 0 radical (unpaired) electrons. The van der Waals surface area contributed by atoms with Crippen LogP contribution in [0.5, 0.6) is 0 Å². The molecule has 3 heterocycles. The normalized spacial score (nSPS) is 15.6. The zero-order valence-corrected chi connectivity index (χ0v) is 14.2. The number of aromatic nitrogens is 5. The zero-order chi connectivity index (χ0) is 15.8. The van der Waals surface area contributed by atoms with Gasteiger partial charge in [0.2, 0.25) is 0 Å². The van der Waals surface area contributed by atoms with E-state index in [9.17, 15) is 0 Å². The lowest BCUT2D eigenvalue weighted by atomic mass is 9.97. The molecule has 0 aromatic carbocycles. The van der Waals surface area contributed by atoms with E-state index in [4.69, 9.17) is 0 Å². The van der Waals surface area contributed by atoms with Gasteiger partial charge in [0.25, 0.3) is 0 Å². The number of nitrogens with zero attached hydrogens (tertiary/aromatic N) is 5. The predicted octanol–water partition coefficient (Wildman–Crippen LogP) is 2.91. The molecule has 1 atom stereocenters. The van der Waals surface area contributed by atoms with E-state index >= 15 is 0 Å². The molecule has 0 saturated heterocycles. The van der Waals surface area contributed by atoms with E-state index in [1.165, 1.54) is 35.1 Å². The maximum absolute atomic E-state index is 4.50. The van der Waals surface area contributed by atoms with Crippen molar-refractivity contribution in [1.29, 1.82) is 0 Å². The Morgan fingerprint density at radius 1 is 1.30 bits per heavy atom. The Balaban J connectivity index is 1.62. The van der Waals surface area contributed by atoms with Crippen LogP contribution in [-0.4, -0.2) is 31.3 Å². The highest BCUT2D eigenvalue weighted by Gasteiger charge is 2.20. The van der Waals surface area contributed by atoms with Crippen LogP contribution in [0.15, 0.2) is 12.7 Å². The fraction of sp³-hybridized carbons (Fsp3) is 0.500. The predicted molar refractivity (Wildman–Crippen MR) is 92.0 cm³/mol. The van der Waals surface area contributed by atoms with Crippen LogP contribution in [0.3, 0.4) is 0 Å². The molecule has 1 aliphatic rings. The quantitative estimate of drug-likeness (QED) is 0.797. The molecule has 0 amide bonds. The second-order valence-electron chi connectivity index (χ2n) is 6.20. The molecule has 3 aromatic rings. The maximum Gasteiger partial charge on any atom is 0.138 e. The van der Waals surface area contributed by atoms with E-state index in [1.54, 1.807) is 12.7 Å². The number of thiophene rings is 1. The number of anilines is 1. The third kappa shape index (κ3) is 2.59. The van der Waals surface area contributed by atoms with Crippen molar-refractivity contribution in [2.45, 2.75) is 38.5 Å². The summed E-state index contributed by atoms with van der Waals surface area (Å²) in [6, 6.07) is 0. The zero-order valence-electron chi connectivity index (χ0n) is 13.4. The lowest BCUT2D eigenvalue weighted by molar-refractivity contribution is 0.680. The second kappa shape index (κ2) is 5.88. The van der Waals surface area contributed by atoms with Crippen LogP contribution in [0.2, 0.25) is 0 Å². The number of nitrogens with one attached hydrogen (secondary N) is 1. The van der Waals surface area contributed by atoms with Gasteiger partial charge in [0.15, 0.2) is 0 Å². The van der Waals surface area contributed by atoms with Crippen LogP contribution >= 0.6 is 11.3 Å². The van der Waals surface area contributed by atoms with Crippen molar-refractivity contribution in [1.82, 2.24) is 24.7 Å². The first-order valence-electron chi connectivity index (χ1n) is 8.07. The minimum Gasteiger partial charge on any atom is -0.369 e. The van der Waals surface area contributed by atoms with Crippen molar-refractivity contribution in [3.8, 4) is 0 Å². The Bertz CT molecular complexity index is 836. The van der Waals surface area contributed by atoms with Crippen molar-refractivity contribution in [2.24, 2.45) is 7.05 Å². The van der Waals surface area contributed by atoms with Crippen LogP contribution in [0.25, 0.3) is 10.2 Å². The van der Waals surface area contributed by atoms with E-state index in [0.29, 0.717) is 0 Å². The third-order valence-electron chi connectivity index (χ3n) is 4.51. The monoisotopic (exact) mass is 328 g/mol. The summed E-state index contributed by atoms with van der Waals surface area (Å²) >= 11 is 1.83. The summed E-state index contributed by atoms with van der Waals surface area (Å²) in [5.74, 6) is 2.21. The highest BCUT2D eigenvalue weighted by molar-refractivity contribution is 7.19. The largest absolute Gasteiger partial charge is 0.369 e. The fourth-order valence-corrected chi connectivity index (χ4v) is 4.53. The van der Waals surface area contributed by atoms with Gasteiger partial charge >= 0.3 is 0 Å². The van der Waals surface area contributed by atoms with Crippen molar-refractivity contribution < 1.29 is 0 Å². The molecular formula is C16H20N6S. The fourth-order valence-electron chi connectivity index (χ4n) is 3.30. The summed E-state index contributed by atoms with van der Waals surface area (Å²) in [6.45, 7) is 2.93. The second-order valence-corrected chi connectivity index (χ2v) is 7.28. The molecule has 3 aromatic heterocycles. The average molecular weight is 328 g/mol. The SMILES string of the molecule is C[C@@H](CNc1ncnc2sc3c(c12)CCCC3)c1nncn1C. The molecule has 1 N–H and O–H groups in total. The first kappa shape index (κ1) is 14.6. The van der Waals surface area contributed by atoms with Gasteiger partial charge in [-0.05, 0) is 31.2 Å². The Labute approximate surface area is 139 Å². The summed E-state index contributed by atoms with van der Waals surface area (Å²) in [6.07, 6.45) is 8.30. The van der Waals surface area contributed by atoms with Gasteiger partial charge in [0.05, 0.1) is 5.39 Å². The Morgan fingerprint density at radius 3 is 3.00 bits per heavy atom. The molecule has 0 spiro atoms. The van der Waals surface area contributed by atoms with Crippen LogP contribution < -0.4 is 5.32 Å². The van der Waals surface area contributed by atoms with Gasteiger partial charge in [-0.3, -0.25) is 0 Å². The molecule has 0 saturated carbocycles. The highest BCUT2D eigenvalue weighted by atomic mass is 32.1. The Hall–Kier alpha value is -2.02. The summed E-state index contributed by atoms with van der Waals surface area (Å²) in [5.41, 5.74) is 1.46. The molecule has 0 unspecified atom stereocenters. The van der Waals surface area contributed by atoms with Crippen molar-refractivity contribution in [2.75, 3.05) is 11.9 Å². The number of aryl methyl sites for hydroxylation is 3. The summed E-state index contributed by atoms with van der Waals surface area (Å²) in [5, 5.41) is 12.9. The summed E-state index contributed by atoms with van der Waals surface area (Å²) in [4.78, 5) is 11.6. The van der Waals surface area contributed by atoms with E-state index in [2.05, 4.69) is 32.4 Å². The molecular weight excluding hydrogens is 308 g/mol. The van der Waals surface area contributed by atoms with Gasteiger partial charge in [0.1, 0.15) is 29.1 Å². The van der Waals surface area contributed by atoms with Crippen molar-refractivity contribution >= 4 is 27.4 Å². The van der Waals surface area contributed by atoms with Crippen LogP contribution in [0.4, 0.5) is 5.82 Å². The standard InChI is InChI=1S/C16H20N6S/c1-10(15-21-20-9-22(15)2)7-17-14-13-11-5-3-4-6-12(11)23-16(13)19-8-18-14/h8-10H,3-7H2,1-2H3,(H,17,18,19)/t10-/m0/s1. The lowest BCUT2D eigenvalue weighted by Crippen LogP contribution is -2.14. The number of fused-ring (bicyclic) bond motifs is 3. The molecule has 0 aliphatic heterocycles. The maximum atomic E-state index is 4.50. The minimum absolute atomic E-state index is 0.266. The van der Waals surface area contributed by atoms with Gasteiger partial charge in [-0.2, -0.15) is 0 Å². The molecule has 7 heteroatoms. The molecule has 23 heavy (non-hydrogen) atoms. The van der Waals surface area contributed by atoms with Gasteiger partial charge < -0.3 is 9.88 Å². The van der Waals surface area contributed by atoms with Gasteiger partial charge in [-0.1, -0.05) is 6.92 Å². The molecule has 6 nitrogen and oxygen atoms in total. The minimum atomic E-state index is 0.266. The molecule has 120 valence electrons. The topological polar surface area (TPSA) is 68.5 Å². The summed E-state index contributed by atoms with van der Waals surface area (Å²) in [7, 11) is 1.98. The van der Waals surface area contributed by atoms with Gasteiger partial charge in [-0.15, -0.1) is 21.5 Å². The van der Waals surface area contributed by atoms with Crippen LogP contribution in [0.1, 0.15) is 41.9 Å². The first-order chi connectivity index (χ1) is 11.2. The van der Waals surface area contributed by atoms with Gasteiger partial charge in [-0.25, -0.2) is 9.97 Å². The average Bonchev–Trinajstić information content (AvgIpc) is 3.16. The lowest BCUT2D eigenvalue weighted by Gasteiger charge is -2.14. The van der Waals surface area contributed by atoms with Gasteiger partial charge in [0, 0.05) is 24.4 Å². The van der Waals surface area contributed by atoms with Crippen LogP contribution in [-0.2, 0) is 19.9 Å². The third-order valence-corrected chi connectivity index (χ3v) is 5.71. The number of hydrogen-bond acceptors (Lipinski definition) is 6. The van der Waals surface area contributed by atoms with E-state index in [0.717, 1.165) is 29.4 Å². The highest BCUT2D eigenvalue weighted by Crippen LogP contribution is 2.38. The molecule has 4 rings (SSSR count). The van der Waals surface area contributed by atoms with Crippen molar-refractivity contribution in [3.63, 3.8) is 0 Å². The first-order valence-corrected chi connectivity index (χ1v) is 8.88. The van der Waals surface area contributed by atoms with E-state index < -0.39 is 0 Å². The molecule has 0 fully saturated rings. The van der Waals surface area contributed by atoms with Crippen LogP contribution in [0, 0.1) is 0 Å².